The van der Waals surface area contributed by atoms with Gasteiger partial charge in [0.1, 0.15) is 19.3 Å². The van der Waals surface area contributed by atoms with Gasteiger partial charge in [0.2, 0.25) is 0 Å². The van der Waals surface area contributed by atoms with E-state index >= 15 is 0 Å². The summed E-state index contributed by atoms with van der Waals surface area (Å²) in [5, 5.41) is 10.6. The number of hydrogen-bond acceptors (Lipinski definition) is 15. The van der Waals surface area contributed by atoms with Gasteiger partial charge in [-0.05, 0) is 37.5 Å². The summed E-state index contributed by atoms with van der Waals surface area (Å²) in [4.78, 5) is 72.6. The quantitative estimate of drug-likeness (QED) is 0.0222. The van der Waals surface area contributed by atoms with Gasteiger partial charge in [-0.1, -0.05) is 356 Å². The first-order valence-electron chi connectivity index (χ1n) is 40.5. The number of carbonyl (C=O) groups is 4. The molecule has 5 atom stereocenters. The van der Waals surface area contributed by atoms with Gasteiger partial charge in [0.05, 0.1) is 26.4 Å². The van der Waals surface area contributed by atoms with Crippen LogP contribution in [0.3, 0.4) is 0 Å². The minimum atomic E-state index is -4.96. The molecule has 0 saturated heterocycles. The van der Waals surface area contributed by atoms with Crippen molar-refractivity contribution in [3.63, 3.8) is 0 Å². The van der Waals surface area contributed by atoms with Crippen LogP contribution < -0.4 is 0 Å². The molecule has 0 bridgehead atoms. The first kappa shape index (κ1) is 95.1. The molecule has 576 valence electrons. The molecule has 19 heteroatoms. The molecule has 0 saturated carbocycles. The second-order valence-corrected chi connectivity index (χ2v) is 32.0. The maximum atomic E-state index is 13.1. The number of unbranched alkanes of at least 4 members (excludes halogenated alkanes) is 47. The standard InChI is InChI=1S/C78H152O17P2/c1-7-9-11-13-14-15-16-17-21-29-34-39-44-50-56-62-77(82)94-73(66-88-75(80)60-54-46-12-10-8-2)68-92-96(84,85)90-64-72(79)65-91-97(86,87)93-69-74(67-89-76(81)61-55-49-43-38-33-28-25-20-23-27-32-37-42-48-53-59-71(5)6)95-78(83)63-57-51-45-40-35-30-24-19-18-22-26-31-36-41-47-52-58-70(3)4/h70-74,79H,7-69H2,1-6H3,(H,84,85)(H,86,87)/t72-,73+,74+/m0/s1. The highest BCUT2D eigenvalue weighted by Gasteiger charge is 2.30. The molecule has 97 heavy (non-hydrogen) atoms. The number of ether oxygens (including phenoxy) is 4. The van der Waals surface area contributed by atoms with Crippen molar-refractivity contribution >= 4 is 39.5 Å². The maximum Gasteiger partial charge on any atom is 0.472 e. The van der Waals surface area contributed by atoms with Crippen molar-refractivity contribution in [3.05, 3.63) is 0 Å². The fourth-order valence-corrected chi connectivity index (χ4v) is 13.6. The van der Waals surface area contributed by atoms with Crippen LogP contribution in [-0.4, -0.2) is 96.7 Å². The molecule has 0 aromatic carbocycles. The molecule has 0 rings (SSSR count). The third kappa shape index (κ3) is 72.2. The third-order valence-corrected chi connectivity index (χ3v) is 20.1. The van der Waals surface area contributed by atoms with Crippen LogP contribution in [-0.2, 0) is 65.4 Å². The topological polar surface area (TPSA) is 237 Å². The number of carbonyl (C=O) groups excluding carboxylic acids is 4. The van der Waals surface area contributed by atoms with E-state index in [0.29, 0.717) is 25.7 Å². The summed E-state index contributed by atoms with van der Waals surface area (Å²) in [6, 6.07) is 0. The molecule has 0 spiro atoms. The summed E-state index contributed by atoms with van der Waals surface area (Å²) in [5.74, 6) is -0.507. The van der Waals surface area contributed by atoms with Crippen LogP contribution in [0.1, 0.15) is 408 Å². The molecule has 0 amide bonds. The zero-order valence-electron chi connectivity index (χ0n) is 63.4. The van der Waals surface area contributed by atoms with Gasteiger partial charge >= 0.3 is 39.5 Å². The Hall–Kier alpha value is -1.94. The fraction of sp³-hybridized carbons (Fsp3) is 0.949. The SMILES string of the molecule is CCCCCCCCCCCCCCCCCC(=O)O[C@H](COC(=O)CCCCCCC)COP(=O)(O)OC[C@H](O)COP(=O)(O)OC[C@@H](COC(=O)CCCCCCCCCCCCCCCCCC(C)C)OC(=O)CCCCCCCCCCCCCCCCCCC(C)C. The Labute approximate surface area is 594 Å². The predicted molar refractivity (Wildman–Crippen MR) is 395 cm³/mol. The van der Waals surface area contributed by atoms with Crippen molar-refractivity contribution in [2.45, 2.75) is 426 Å². The van der Waals surface area contributed by atoms with Crippen LogP contribution in [0.15, 0.2) is 0 Å². The molecule has 2 unspecified atom stereocenters. The monoisotopic (exact) mass is 1420 g/mol. The Morgan fingerprint density at radius 2 is 0.474 bits per heavy atom. The van der Waals surface area contributed by atoms with E-state index in [0.717, 1.165) is 108 Å². The van der Waals surface area contributed by atoms with E-state index in [9.17, 15) is 43.2 Å². The van der Waals surface area contributed by atoms with E-state index in [1.165, 1.54) is 218 Å². The molecule has 0 aromatic heterocycles. The third-order valence-electron chi connectivity index (χ3n) is 18.2. The van der Waals surface area contributed by atoms with Crippen LogP contribution in [0.5, 0.6) is 0 Å². The minimum Gasteiger partial charge on any atom is -0.462 e. The summed E-state index contributed by atoms with van der Waals surface area (Å²) in [6.45, 7) is 9.59. The summed E-state index contributed by atoms with van der Waals surface area (Å²) < 4.78 is 68.4. The van der Waals surface area contributed by atoms with E-state index in [2.05, 4.69) is 41.5 Å². The summed E-state index contributed by atoms with van der Waals surface area (Å²) in [7, 11) is -9.90. The van der Waals surface area contributed by atoms with Crippen molar-refractivity contribution in [1.82, 2.24) is 0 Å². The van der Waals surface area contributed by atoms with Crippen molar-refractivity contribution < 1.29 is 80.2 Å². The van der Waals surface area contributed by atoms with Gasteiger partial charge in [-0.25, -0.2) is 9.13 Å². The summed E-state index contributed by atoms with van der Waals surface area (Å²) >= 11 is 0. The number of esters is 4. The highest BCUT2D eigenvalue weighted by Crippen LogP contribution is 2.45. The lowest BCUT2D eigenvalue weighted by Gasteiger charge is -2.21. The van der Waals surface area contributed by atoms with Gasteiger partial charge in [0, 0.05) is 25.7 Å². The van der Waals surface area contributed by atoms with Gasteiger partial charge in [0.25, 0.3) is 0 Å². The fourth-order valence-electron chi connectivity index (χ4n) is 12.0. The zero-order chi connectivity index (χ0) is 71.4. The molecule has 0 fully saturated rings. The Balaban J connectivity index is 5.13. The Morgan fingerprint density at radius 3 is 0.701 bits per heavy atom. The van der Waals surface area contributed by atoms with Crippen molar-refractivity contribution in [1.29, 1.82) is 0 Å². The normalized spacial score (nSPS) is 14.0. The first-order valence-corrected chi connectivity index (χ1v) is 43.5. The van der Waals surface area contributed by atoms with Gasteiger partial charge < -0.3 is 33.8 Å². The number of aliphatic hydroxyl groups excluding tert-OH is 1. The van der Waals surface area contributed by atoms with E-state index in [1.807, 2.05) is 0 Å². The first-order chi connectivity index (χ1) is 46.9. The number of hydrogen-bond donors (Lipinski definition) is 3. The lowest BCUT2D eigenvalue weighted by atomic mass is 10.0. The lowest BCUT2D eigenvalue weighted by Crippen LogP contribution is -2.30. The molecule has 3 N–H and O–H groups in total. The molecule has 0 aliphatic rings. The van der Waals surface area contributed by atoms with Gasteiger partial charge in [-0.15, -0.1) is 0 Å². The second-order valence-electron chi connectivity index (χ2n) is 29.1. The van der Waals surface area contributed by atoms with Crippen LogP contribution in [0.25, 0.3) is 0 Å². The van der Waals surface area contributed by atoms with Gasteiger partial charge in [-0.3, -0.25) is 37.3 Å². The predicted octanol–water partition coefficient (Wildman–Crippen LogP) is 23.1. The van der Waals surface area contributed by atoms with E-state index < -0.39 is 97.5 Å². The van der Waals surface area contributed by atoms with E-state index in [4.69, 9.17) is 37.0 Å². The molecule has 0 aromatic rings. The van der Waals surface area contributed by atoms with Gasteiger partial charge in [-0.2, -0.15) is 0 Å². The molecule has 0 radical (unpaired) electrons. The largest absolute Gasteiger partial charge is 0.472 e. The molecular weight excluding hydrogens is 1270 g/mol. The summed E-state index contributed by atoms with van der Waals surface area (Å²) in [6.07, 6.45) is 58.7. The smallest absolute Gasteiger partial charge is 0.462 e. The van der Waals surface area contributed by atoms with Gasteiger partial charge in [0.15, 0.2) is 12.2 Å². The number of rotatable bonds is 77. The highest BCUT2D eigenvalue weighted by molar-refractivity contribution is 7.47. The molecule has 17 nitrogen and oxygen atoms in total. The maximum absolute atomic E-state index is 13.1. The van der Waals surface area contributed by atoms with Crippen LogP contribution in [0, 0.1) is 11.8 Å². The molecule has 0 aliphatic heterocycles. The Kier molecular flexibility index (Phi) is 68.4. The zero-order valence-corrected chi connectivity index (χ0v) is 65.2. The van der Waals surface area contributed by atoms with Crippen molar-refractivity contribution in [2.75, 3.05) is 39.6 Å². The van der Waals surface area contributed by atoms with E-state index in [1.54, 1.807) is 0 Å². The van der Waals surface area contributed by atoms with E-state index in [-0.39, 0.29) is 25.7 Å². The second kappa shape index (κ2) is 69.8. The van der Waals surface area contributed by atoms with Crippen molar-refractivity contribution in [3.8, 4) is 0 Å². The van der Waals surface area contributed by atoms with Crippen LogP contribution >= 0.6 is 15.6 Å². The Bertz CT molecular complexity index is 1870. The van der Waals surface area contributed by atoms with Crippen molar-refractivity contribution in [2.24, 2.45) is 11.8 Å². The summed E-state index contributed by atoms with van der Waals surface area (Å²) in [5.41, 5.74) is 0. The van der Waals surface area contributed by atoms with Crippen LogP contribution in [0.2, 0.25) is 0 Å². The lowest BCUT2D eigenvalue weighted by molar-refractivity contribution is -0.161. The number of phosphoric acid groups is 2. The average Bonchev–Trinajstić information content (AvgIpc) is 2.51. The molecule has 0 aliphatic carbocycles. The molecule has 0 heterocycles. The van der Waals surface area contributed by atoms with Crippen LogP contribution in [0.4, 0.5) is 0 Å². The minimum absolute atomic E-state index is 0.107. The number of aliphatic hydroxyl groups is 1. The molecular formula is C78H152O17P2. The number of phosphoric ester groups is 2. The Morgan fingerprint density at radius 1 is 0.278 bits per heavy atom. The average molecular weight is 1420 g/mol. The highest BCUT2D eigenvalue weighted by atomic mass is 31.2.